The fourth-order valence-corrected chi connectivity index (χ4v) is 2.92. The molecule has 2 N–H and O–H groups in total. The highest BCUT2D eigenvalue weighted by Gasteiger charge is 2.32. The summed E-state index contributed by atoms with van der Waals surface area (Å²) in [5.41, 5.74) is -0.366. The van der Waals surface area contributed by atoms with Gasteiger partial charge in [0.25, 0.3) is 0 Å². The minimum absolute atomic E-state index is 0.319. The number of amides is 1. The molecule has 8 heteroatoms. The normalized spacial score (nSPS) is 12.7. The Hall–Kier alpha value is -1.96. The van der Waals surface area contributed by atoms with Gasteiger partial charge in [0.15, 0.2) is 9.84 Å². The molecule has 0 saturated carbocycles. The van der Waals surface area contributed by atoms with Crippen LogP contribution in [0, 0.1) is 5.82 Å². The first-order valence-electron chi connectivity index (χ1n) is 6.26. The van der Waals surface area contributed by atoms with Gasteiger partial charge < -0.3 is 10.4 Å². The molecule has 0 spiro atoms. The number of halogens is 1. The number of hydrogen-bond acceptors (Lipinski definition) is 4. The maximum absolute atomic E-state index is 13.8. The van der Waals surface area contributed by atoms with Crippen molar-refractivity contribution in [3.63, 3.8) is 0 Å². The molecule has 0 aliphatic rings. The largest absolute Gasteiger partial charge is 0.478 e. The van der Waals surface area contributed by atoms with Crippen molar-refractivity contribution < 1.29 is 27.5 Å². The molecule has 0 aliphatic heterocycles. The Morgan fingerprint density at radius 3 is 2.48 bits per heavy atom. The molecule has 1 atom stereocenters. The second-order valence-corrected chi connectivity index (χ2v) is 6.67. The molecule has 1 aromatic carbocycles. The van der Waals surface area contributed by atoms with Crippen molar-refractivity contribution in [3.05, 3.63) is 29.6 Å². The van der Waals surface area contributed by atoms with Crippen molar-refractivity contribution in [1.82, 2.24) is 5.32 Å². The lowest BCUT2D eigenvalue weighted by Gasteiger charge is -2.13. The molecule has 0 radical (unpaired) electrons. The third-order valence-corrected chi connectivity index (χ3v) is 4.96. The molecule has 1 amide bonds. The maximum atomic E-state index is 13.8. The van der Waals surface area contributed by atoms with Crippen molar-refractivity contribution in [2.45, 2.75) is 30.4 Å². The Bertz CT molecular complexity index is 657. The maximum Gasteiger partial charge on any atom is 0.335 e. The van der Waals surface area contributed by atoms with E-state index >= 15 is 0 Å². The van der Waals surface area contributed by atoms with Gasteiger partial charge in [-0.05, 0) is 31.5 Å². The van der Waals surface area contributed by atoms with E-state index in [0.717, 1.165) is 19.1 Å². The first kappa shape index (κ1) is 17.1. The minimum atomic E-state index is -4.22. The van der Waals surface area contributed by atoms with E-state index in [1.807, 2.05) is 6.92 Å². The number of carbonyl (C=O) groups is 2. The predicted molar refractivity (Wildman–Crippen MR) is 73.3 cm³/mol. The highest BCUT2D eigenvalue weighted by atomic mass is 32.2. The summed E-state index contributed by atoms with van der Waals surface area (Å²) < 4.78 is 38.2. The summed E-state index contributed by atoms with van der Waals surface area (Å²) >= 11 is 0. The van der Waals surface area contributed by atoms with E-state index in [-0.39, 0.29) is 5.56 Å². The summed E-state index contributed by atoms with van der Waals surface area (Å²) in [7, 11) is -4.22. The van der Waals surface area contributed by atoms with Gasteiger partial charge in [-0.2, -0.15) is 0 Å². The first-order chi connectivity index (χ1) is 9.71. The van der Waals surface area contributed by atoms with Crippen LogP contribution >= 0.6 is 0 Å². The highest BCUT2D eigenvalue weighted by molar-refractivity contribution is 7.92. The van der Waals surface area contributed by atoms with Crippen LogP contribution in [0.3, 0.4) is 0 Å². The van der Waals surface area contributed by atoms with Gasteiger partial charge in [-0.1, -0.05) is 6.92 Å². The van der Waals surface area contributed by atoms with Crippen LogP contribution < -0.4 is 5.32 Å². The average molecular weight is 317 g/mol. The van der Waals surface area contributed by atoms with Crippen molar-refractivity contribution in [2.24, 2.45) is 0 Å². The first-order valence-corrected chi connectivity index (χ1v) is 7.81. The zero-order chi connectivity index (χ0) is 16.2. The number of nitrogens with one attached hydrogen (secondary N) is 1. The number of carboxylic acid groups (broad SMARTS) is 1. The Morgan fingerprint density at radius 1 is 1.38 bits per heavy atom. The Labute approximate surface area is 121 Å². The molecule has 1 rings (SSSR count). The van der Waals surface area contributed by atoms with Crippen LogP contribution in [-0.2, 0) is 14.6 Å². The Balaban J connectivity index is 3.13. The number of rotatable bonds is 6. The zero-order valence-corrected chi connectivity index (χ0v) is 12.4. The molecular weight excluding hydrogens is 301 g/mol. The van der Waals surface area contributed by atoms with Crippen LogP contribution in [0.15, 0.2) is 23.1 Å². The average Bonchev–Trinajstić information content (AvgIpc) is 2.43. The van der Waals surface area contributed by atoms with Gasteiger partial charge in [-0.3, -0.25) is 4.79 Å². The monoisotopic (exact) mass is 317 g/mol. The van der Waals surface area contributed by atoms with Crippen LogP contribution in [0.4, 0.5) is 4.39 Å². The molecule has 1 unspecified atom stereocenters. The van der Waals surface area contributed by atoms with Gasteiger partial charge >= 0.3 is 5.97 Å². The predicted octanol–water partition coefficient (Wildman–Crippen LogP) is 1.21. The van der Waals surface area contributed by atoms with Gasteiger partial charge in [-0.25, -0.2) is 17.6 Å². The summed E-state index contributed by atoms with van der Waals surface area (Å²) in [6.45, 7) is 3.29. The molecule has 0 bridgehead atoms. The number of aromatic carboxylic acids is 1. The van der Waals surface area contributed by atoms with E-state index in [2.05, 4.69) is 5.32 Å². The number of hydrogen-bond donors (Lipinski definition) is 2. The summed E-state index contributed by atoms with van der Waals surface area (Å²) in [4.78, 5) is 21.7. The third-order valence-electron chi connectivity index (χ3n) is 2.87. The van der Waals surface area contributed by atoms with Crippen molar-refractivity contribution in [1.29, 1.82) is 0 Å². The fraction of sp³-hybridized carbons (Fsp3) is 0.385. The summed E-state index contributed by atoms with van der Waals surface area (Å²) in [6.07, 6.45) is 0.639. The fourth-order valence-electron chi connectivity index (χ4n) is 1.59. The SMILES string of the molecule is CCCNC(=O)C(C)S(=O)(=O)c1ccc(C(=O)O)cc1F. The van der Waals surface area contributed by atoms with Gasteiger partial charge in [0.2, 0.25) is 5.91 Å². The van der Waals surface area contributed by atoms with Crippen LogP contribution in [-0.4, -0.2) is 37.2 Å². The van der Waals surface area contributed by atoms with Crippen molar-refractivity contribution in [3.8, 4) is 0 Å². The lowest BCUT2D eigenvalue weighted by atomic mass is 10.2. The third kappa shape index (κ3) is 3.78. The summed E-state index contributed by atoms with van der Waals surface area (Å²) in [6, 6.07) is 2.46. The summed E-state index contributed by atoms with van der Waals surface area (Å²) in [5, 5.41) is 9.68. The topological polar surface area (TPSA) is 101 Å². The second-order valence-electron chi connectivity index (χ2n) is 4.43. The van der Waals surface area contributed by atoms with Crippen LogP contribution in [0.2, 0.25) is 0 Å². The molecular formula is C13H16FNO5S. The Kier molecular flexibility index (Phi) is 5.42. The molecule has 0 aliphatic carbocycles. The number of carboxylic acids is 1. The van der Waals surface area contributed by atoms with Gasteiger partial charge in [0, 0.05) is 6.54 Å². The van der Waals surface area contributed by atoms with Gasteiger partial charge in [0.05, 0.1) is 5.56 Å². The Morgan fingerprint density at radius 2 is 2.00 bits per heavy atom. The standard InChI is InChI=1S/C13H16FNO5S/c1-3-6-15-12(16)8(2)21(19,20)11-5-4-9(13(17)18)7-10(11)14/h4-5,7-8H,3,6H2,1-2H3,(H,15,16)(H,17,18). The van der Waals surface area contributed by atoms with E-state index < -0.39 is 37.7 Å². The van der Waals surface area contributed by atoms with Gasteiger partial charge in [0.1, 0.15) is 16.0 Å². The van der Waals surface area contributed by atoms with Crippen molar-refractivity contribution >= 4 is 21.7 Å². The molecule has 6 nitrogen and oxygen atoms in total. The van der Waals surface area contributed by atoms with E-state index in [1.165, 1.54) is 0 Å². The van der Waals surface area contributed by atoms with E-state index in [0.29, 0.717) is 19.0 Å². The highest BCUT2D eigenvalue weighted by Crippen LogP contribution is 2.21. The lowest BCUT2D eigenvalue weighted by Crippen LogP contribution is -2.38. The lowest BCUT2D eigenvalue weighted by molar-refractivity contribution is -0.120. The van der Waals surface area contributed by atoms with Crippen LogP contribution in [0.25, 0.3) is 0 Å². The van der Waals surface area contributed by atoms with Gasteiger partial charge in [-0.15, -0.1) is 0 Å². The molecule has 0 heterocycles. The number of benzene rings is 1. The molecule has 1 aromatic rings. The molecule has 0 saturated heterocycles. The molecule has 0 aromatic heterocycles. The van der Waals surface area contributed by atoms with Crippen LogP contribution in [0.5, 0.6) is 0 Å². The molecule has 116 valence electrons. The second kappa shape index (κ2) is 6.66. The van der Waals surface area contributed by atoms with Crippen LogP contribution in [0.1, 0.15) is 30.6 Å². The van der Waals surface area contributed by atoms with E-state index in [4.69, 9.17) is 5.11 Å². The number of sulfone groups is 1. The van der Waals surface area contributed by atoms with Crippen molar-refractivity contribution in [2.75, 3.05) is 6.54 Å². The smallest absolute Gasteiger partial charge is 0.335 e. The summed E-state index contributed by atoms with van der Waals surface area (Å²) in [5.74, 6) is -3.28. The zero-order valence-electron chi connectivity index (χ0n) is 11.6. The molecule has 0 fully saturated rings. The molecule has 21 heavy (non-hydrogen) atoms. The van der Waals surface area contributed by atoms with E-state index in [9.17, 15) is 22.4 Å². The minimum Gasteiger partial charge on any atom is -0.478 e. The van der Waals surface area contributed by atoms with E-state index in [1.54, 1.807) is 0 Å². The quantitative estimate of drug-likeness (QED) is 0.821. The number of carbonyl (C=O) groups excluding carboxylic acids is 1.